The number of hydrogen-bond donors (Lipinski definition) is 1. The molecule has 3 atom stereocenters. The quantitative estimate of drug-likeness (QED) is 0.411. The van der Waals surface area contributed by atoms with Crippen LogP contribution >= 0.6 is 23.2 Å². The summed E-state index contributed by atoms with van der Waals surface area (Å²) in [4.78, 5) is 40.6. The minimum atomic E-state index is -1.10. The van der Waals surface area contributed by atoms with Gasteiger partial charge < -0.3 is 15.0 Å². The Morgan fingerprint density at radius 3 is 2.68 bits per heavy atom. The van der Waals surface area contributed by atoms with Gasteiger partial charge in [0, 0.05) is 35.0 Å². The zero-order valence-corrected chi connectivity index (χ0v) is 22.7. The van der Waals surface area contributed by atoms with Crippen molar-refractivity contribution in [2.75, 3.05) is 25.0 Å². The monoisotopic (exact) mass is 554 g/mol. The third kappa shape index (κ3) is 4.25. The molecule has 0 bridgehead atoms. The lowest BCUT2D eigenvalue weighted by Crippen LogP contribution is -2.66. The van der Waals surface area contributed by atoms with E-state index in [4.69, 9.17) is 33.0 Å². The lowest BCUT2D eigenvalue weighted by Gasteiger charge is -2.54. The van der Waals surface area contributed by atoms with E-state index in [0.29, 0.717) is 34.4 Å². The number of carbonyl (C=O) groups is 3. The number of halogens is 2. The summed E-state index contributed by atoms with van der Waals surface area (Å²) >= 11 is 12.7. The van der Waals surface area contributed by atoms with E-state index in [1.54, 1.807) is 18.2 Å². The van der Waals surface area contributed by atoms with Crippen LogP contribution in [0.2, 0.25) is 10.0 Å². The molecule has 3 aliphatic heterocycles. The third-order valence-corrected chi connectivity index (χ3v) is 8.06. The van der Waals surface area contributed by atoms with E-state index >= 15 is 0 Å². The fraction of sp³-hybridized carbons (Fsp3) is 0.357. The van der Waals surface area contributed by atoms with Gasteiger partial charge in [-0.15, -0.1) is 0 Å². The van der Waals surface area contributed by atoms with Crippen LogP contribution in [0.1, 0.15) is 43.7 Å². The van der Waals surface area contributed by atoms with Crippen LogP contribution in [0.15, 0.2) is 59.7 Å². The molecule has 198 valence electrons. The average Bonchev–Trinajstić information content (AvgIpc) is 3.14. The molecule has 2 aromatic carbocycles. The van der Waals surface area contributed by atoms with Crippen LogP contribution in [-0.2, 0) is 24.5 Å². The van der Waals surface area contributed by atoms with Crippen LogP contribution < -0.4 is 5.32 Å². The number of amides is 2. The standard InChI is InChI=1S/C28H28Cl2N4O4/c1-4-16(2)26-28(21-9-8-20(30)13-23(21)31-27(28)37)22(18-6-5-7-19(29)12-18)14-24-32-34(10-11-38-17(3)35)25(36)15-33(24)26/h5-9,12-13,22,26H,2,4,10-11,14-15H2,1,3H3,(H,31,37)/t22-,26+,28?/m0/s1. The molecule has 0 aromatic heterocycles. The molecule has 1 unspecified atom stereocenters. The number of anilines is 1. The fourth-order valence-electron chi connectivity index (χ4n) is 5.99. The summed E-state index contributed by atoms with van der Waals surface area (Å²) in [5.74, 6) is -0.549. The smallest absolute Gasteiger partial charge is 0.302 e. The first-order valence-electron chi connectivity index (χ1n) is 12.5. The largest absolute Gasteiger partial charge is 0.464 e. The highest BCUT2D eigenvalue weighted by Gasteiger charge is 2.63. The van der Waals surface area contributed by atoms with Gasteiger partial charge in [0.25, 0.3) is 5.91 Å². The van der Waals surface area contributed by atoms with E-state index < -0.39 is 17.4 Å². The van der Waals surface area contributed by atoms with Crippen molar-refractivity contribution in [3.8, 4) is 0 Å². The van der Waals surface area contributed by atoms with Gasteiger partial charge in [0.05, 0.1) is 12.6 Å². The first-order chi connectivity index (χ1) is 18.2. The minimum absolute atomic E-state index is 0.0167. The van der Waals surface area contributed by atoms with Gasteiger partial charge in [0.1, 0.15) is 24.4 Å². The Kier molecular flexibility index (Phi) is 6.96. The molecule has 38 heavy (non-hydrogen) atoms. The second-order valence-electron chi connectivity index (χ2n) is 9.74. The highest BCUT2D eigenvalue weighted by molar-refractivity contribution is 6.31. The van der Waals surface area contributed by atoms with Crippen molar-refractivity contribution in [1.82, 2.24) is 9.91 Å². The zero-order valence-electron chi connectivity index (χ0n) is 21.2. The lowest BCUT2D eigenvalue weighted by molar-refractivity contribution is -0.144. The number of rotatable bonds is 6. The van der Waals surface area contributed by atoms with Gasteiger partial charge in [-0.05, 0) is 41.8 Å². The number of fused-ring (bicyclic) bond motifs is 3. The normalized spacial score (nSPS) is 24.1. The molecule has 1 N–H and O–H groups in total. The van der Waals surface area contributed by atoms with Crippen LogP contribution in [0.4, 0.5) is 5.69 Å². The minimum Gasteiger partial charge on any atom is -0.464 e. The number of nitrogens with one attached hydrogen (secondary N) is 1. The van der Waals surface area contributed by atoms with E-state index in [-0.39, 0.29) is 37.4 Å². The number of esters is 1. The van der Waals surface area contributed by atoms with E-state index in [1.807, 2.05) is 36.1 Å². The molecular weight excluding hydrogens is 527 g/mol. The Hall–Kier alpha value is -3.36. The summed E-state index contributed by atoms with van der Waals surface area (Å²) in [5, 5.41) is 10.2. The van der Waals surface area contributed by atoms with Crippen molar-refractivity contribution in [2.24, 2.45) is 5.10 Å². The first kappa shape index (κ1) is 26.3. The zero-order chi connectivity index (χ0) is 27.2. The van der Waals surface area contributed by atoms with Crippen molar-refractivity contribution in [1.29, 1.82) is 0 Å². The summed E-state index contributed by atoms with van der Waals surface area (Å²) in [6, 6.07) is 12.4. The molecule has 0 aliphatic carbocycles. The predicted octanol–water partition coefficient (Wildman–Crippen LogP) is 4.73. The maximum atomic E-state index is 14.2. The number of amidine groups is 1. The van der Waals surface area contributed by atoms with Gasteiger partial charge in [-0.3, -0.25) is 14.4 Å². The maximum Gasteiger partial charge on any atom is 0.302 e. The second-order valence-corrected chi connectivity index (χ2v) is 10.6. The Morgan fingerprint density at radius 1 is 1.21 bits per heavy atom. The molecule has 0 radical (unpaired) electrons. The van der Waals surface area contributed by atoms with E-state index in [0.717, 1.165) is 16.7 Å². The summed E-state index contributed by atoms with van der Waals surface area (Å²) < 4.78 is 5.04. The molecule has 2 amide bonds. The average molecular weight is 555 g/mol. The number of nitrogens with zero attached hydrogens (tertiary/aromatic N) is 3. The van der Waals surface area contributed by atoms with E-state index in [2.05, 4.69) is 11.9 Å². The van der Waals surface area contributed by atoms with E-state index in [1.165, 1.54) is 11.9 Å². The highest BCUT2D eigenvalue weighted by atomic mass is 35.5. The summed E-state index contributed by atoms with van der Waals surface area (Å²) in [5.41, 5.74) is 2.05. The second kappa shape index (κ2) is 10.1. The van der Waals surface area contributed by atoms with Crippen molar-refractivity contribution in [2.45, 2.75) is 44.1 Å². The van der Waals surface area contributed by atoms with Crippen LogP contribution in [0.25, 0.3) is 0 Å². The molecule has 1 fully saturated rings. The summed E-state index contributed by atoms with van der Waals surface area (Å²) in [6.07, 6.45) is 0.972. The Balaban J connectivity index is 1.70. The fourth-order valence-corrected chi connectivity index (χ4v) is 6.36. The van der Waals surface area contributed by atoms with Gasteiger partial charge in [0.15, 0.2) is 0 Å². The van der Waals surface area contributed by atoms with Gasteiger partial charge in [0.2, 0.25) is 5.91 Å². The Morgan fingerprint density at radius 2 is 1.97 bits per heavy atom. The topological polar surface area (TPSA) is 91.3 Å². The highest BCUT2D eigenvalue weighted by Crippen LogP contribution is 2.57. The summed E-state index contributed by atoms with van der Waals surface area (Å²) in [6.45, 7) is 7.89. The number of hydrazone groups is 1. The van der Waals surface area contributed by atoms with Crippen LogP contribution in [0.3, 0.4) is 0 Å². The van der Waals surface area contributed by atoms with Crippen molar-refractivity contribution in [3.63, 3.8) is 0 Å². The molecular formula is C28H28Cl2N4O4. The SMILES string of the molecule is C=C(CC)[C@H]1N2CC(=O)N(CCOC(C)=O)N=C2C[C@@H](c2cccc(Cl)c2)C12C(=O)Nc1cc(Cl)ccc12. The van der Waals surface area contributed by atoms with Crippen molar-refractivity contribution < 1.29 is 19.1 Å². The Labute approximate surface area is 231 Å². The third-order valence-electron chi connectivity index (χ3n) is 7.59. The first-order valence-corrected chi connectivity index (χ1v) is 13.2. The van der Waals surface area contributed by atoms with Crippen LogP contribution in [0.5, 0.6) is 0 Å². The lowest BCUT2D eigenvalue weighted by atomic mass is 9.58. The molecule has 3 heterocycles. The molecule has 0 saturated carbocycles. The maximum absolute atomic E-state index is 14.2. The van der Waals surface area contributed by atoms with Crippen molar-refractivity contribution in [3.05, 3.63) is 75.8 Å². The number of piperidine rings is 1. The van der Waals surface area contributed by atoms with Crippen molar-refractivity contribution >= 4 is 52.5 Å². The molecule has 3 aliphatic rings. The van der Waals surface area contributed by atoms with Gasteiger partial charge in [-0.1, -0.05) is 60.5 Å². The van der Waals surface area contributed by atoms with Crippen LogP contribution in [0, 0.1) is 0 Å². The predicted molar refractivity (Wildman–Crippen MR) is 146 cm³/mol. The van der Waals surface area contributed by atoms with E-state index in [9.17, 15) is 14.4 Å². The number of ether oxygens (including phenoxy) is 1. The van der Waals surface area contributed by atoms with Gasteiger partial charge >= 0.3 is 5.97 Å². The number of carbonyl (C=O) groups excluding carboxylic acids is 3. The Bertz CT molecular complexity index is 1380. The summed E-state index contributed by atoms with van der Waals surface area (Å²) in [7, 11) is 0. The van der Waals surface area contributed by atoms with Gasteiger partial charge in [-0.2, -0.15) is 5.10 Å². The molecule has 10 heteroatoms. The van der Waals surface area contributed by atoms with Crippen LogP contribution in [-0.4, -0.2) is 59.3 Å². The molecule has 2 aromatic rings. The molecule has 5 rings (SSSR count). The number of benzene rings is 2. The molecule has 1 spiro atoms. The number of hydrogen-bond acceptors (Lipinski definition) is 6. The van der Waals surface area contributed by atoms with Gasteiger partial charge in [-0.25, -0.2) is 5.01 Å². The molecule has 8 nitrogen and oxygen atoms in total. The molecule has 1 saturated heterocycles.